The molecule has 4 nitrogen and oxygen atoms in total. The van der Waals surface area contributed by atoms with Gasteiger partial charge in [-0.3, -0.25) is 0 Å². The minimum atomic E-state index is 0. The van der Waals surface area contributed by atoms with Gasteiger partial charge in [0.15, 0.2) is 0 Å². The SMILES string of the molecule is CC1(C)CC[C@@]2(CO2)C[C@H]1Cn1cnc2ccc(C#N)cc21.[H-].[Na+]. The fourth-order valence-corrected chi connectivity index (χ4v) is 3.77. The molecule has 2 heterocycles. The van der Waals surface area contributed by atoms with Crippen molar-refractivity contribution in [1.29, 1.82) is 5.26 Å². The van der Waals surface area contributed by atoms with E-state index in [1.54, 1.807) is 0 Å². The van der Waals surface area contributed by atoms with Crippen molar-refractivity contribution in [3.63, 3.8) is 0 Å². The third-order valence-electron chi connectivity index (χ3n) is 5.67. The van der Waals surface area contributed by atoms with Crippen LogP contribution in [0.4, 0.5) is 0 Å². The molecule has 1 saturated heterocycles. The van der Waals surface area contributed by atoms with E-state index in [9.17, 15) is 0 Å². The summed E-state index contributed by atoms with van der Waals surface area (Å²) < 4.78 is 7.95. The Kier molecular flexibility index (Phi) is 4.35. The molecule has 5 heteroatoms. The van der Waals surface area contributed by atoms with Crippen molar-refractivity contribution >= 4 is 11.0 Å². The third-order valence-corrected chi connectivity index (χ3v) is 5.67. The summed E-state index contributed by atoms with van der Waals surface area (Å²) in [5.74, 6) is 0.576. The zero-order chi connectivity index (χ0) is 15.4. The first-order chi connectivity index (χ1) is 10.5. The average molecular weight is 319 g/mol. The Morgan fingerprint density at radius 3 is 2.91 bits per heavy atom. The molecular formula is C18H22N3NaO. The van der Waals surface area contributed by atoms with E-state index in [1.807, 2.05) is 24.5 Å². The Balaban J connectivity index is 0.00000104. The van der Waals surface area contributed by atoms with Gasteiger partial charge in [0.1, 0.15) is 0 Å². The summed E-state index contributed by atoms with van der Waals surface area (Å²) in [6.07, 6.45) is 5.46. The van der Waals surface area contributed by atoms with Crippen molar-refractivity contribution in [3.8, 4) is 6.07 Å². The van der Waals surface area contributed by atoms with Crippen LogP contribution in [0.15, 0.2) is 24.5 Å². The maximum absolute atomic E-state index is 9.11. The Bertz CT molecular complexity index is 776. The summed E-state index contributed by atoms with van der Waals surface area (Å²) in [7, 11) is 0. The maximum atomic E-state index is 9.11. The molecule has 1 spiro atoms. The minimum Gasteiger partial charge on any atom is -1.00 e. The van der Waals surface area contributed by atoms with Gasteiger partial charge in [0, 0.05) is 6.54 Å². The van der Waals surface area contributed by atoms with Crippen molar-refractivity contribution in [2.75, 3.05) is 6.61 Å². The Labute approximate surface area is 160 Å². The van der Waals surface area contributed by atoms with Gasteiger partial charge >= 0.3 is 29.6 Å². The van der Waals surface area contributed by atoms with Crippen molar-refractivity contribution < 1.29 is 35.7 Å². The van der Waals surface area contributed by atoms with Crippen LogP contribution in [0.1, 0.15) is 40.1 Å². The van der Waals surface area contributed by atoms with Crippen LogP contribution < -0.4 is 29.6 Å². The van der Waals surface area contributed by atoms with Crippen LogP contribution in [0.3, 0.4) is 0 Å². The van der Waals surface area contributed by atoms with Gasteiger partial charge in [-0.1, -0.05) is 13.8 Å². The molecule has 116 valence electrons. The van der Waals surface area contributed by atoms with Gasteiger partial charge in [-0.15, -0.1) is 0 Å². The zero-order valence-corrected chi connectivity index (χ0v) is 16.2. The number of ether oxygens (including phenoxy) is 1. The molecule has 2 atom stereocenters. The molecule has 2 aliphatic rings. The summed E-state index contributed by atoms with van der Waals surface area (Å²) in [5, 5.41) is 9.11. The average Bonchev–Trinajstić information content (AvgIpc) is 3.16. The van der Waals surface area contributed by atoms with Gasteiger partial charge in [0.05, 0.1) is 41.2 Å². The molecule has 1 aromatic heterocycles. The van der Waals surface area contributed by atoms with E-state index >= 15 is 0 Å². The first-order valence-electron chi connectivity index (χ1n) is 8.00. The van der Waals surface area contributed by atoms with Crippen molar-refractivity contribution in [3.05, 3.63) is 30.1 Å². The number of fused-ring (bicyclic) bond motifs is 1. The van der Waals surface area contributed by atoms with Crippen LogP contribution >= 0.6 is 0 Å². The number of imidazole rings is 1. The molecule has 2 fully saturated rings. The number of rotatable bonds is 2. The summed E-state index contributed by atoms with van der Waals surface area (Å²) >= 11 is 0. The fraction of sp³-hybridized carbons (Fsp3) is 0.556. The molecule has 1 aromatic carbocycles. The smallest absolute Gasteiger partial charge is 1.00 e. The monoisotopic (exact) mass is 319 g/mol. The van der Waals surface area contributed by atoms with Gasteiger partial charge in [0.25, 0.3) is 0 Å². The first kappa shape index (κ1) is 17.0. The minimum absolute atomic E-state index is 0. The Morgan fingerprint density at radius 2 is 2.22 bits per heavy atom. The quantitative estimate of drug-likeness (QED) is 0.602. The van der Waals surface area contributed by atoms with Crippen LogP contribution in [0.2, 0.25) is 0 Å². The van der Waals surface area contributed by atoms with E-state index in [2.05, 4.69) is 29.5 Å². The molecule has 4 rings (SSSR count). The number of nitrogens with zero attached hydrogens (tertiary/aromatic N) is 3. The molecule has 0 unspecified atom stereocenters. The van der Waals surface area contributed by atoms with Crippen molar-refractivity contribution in [2.24, 2.45) is 11.3 Å². The van der Waals surface area contributed by atoms with Gasteiger partial charge in [-0.2, -0.15) is 5.26 Å². The maximum Gasteiger partial charge on any atom is 1.00 e. The largest absolute Gasteiger partial charge is 1.00 e. The number of aromatic nitrogens is 2. The number of epoxide rings is 1. The molecule has 0 bridgehead atoms. The van der Waals surface area contributed by atoms with E-state index in [1.165, 1.54) is 12.8 Å². The molecule has 1 saturated carbocycles. The molecule has 0 radical (unpaired) electrons. The number of hydrogen-bond donors (Lipinski definition) is 0. The third kappa shape index (κ3) is 3.08. The van der Waals surface area contributed by atoms with Crippen molar-refractivity contribution in [2.45, 2.75) is 45.3 Å². The van der Waals surface area contributed by atoms with E-state index < -0.39 is 0 Å². The summed E-state index contributed by atoms with van der Waals surface area (Å²) in [5.41, 5.74) is 3.21. The predicted molar refractivity (Wildman–Crippen MR) is 85.4 cm³/mol. The molecule has 0 N–H and O–H groups in total. The second kappa shape index (κ2) is 5.89. The summed E-state index contributed by atoms with van der Waals surface area (Å²) in [4.78, 5) is 4.48. The molecule has 1 aliphatic carbocycles. The second-order valence-electron chi connectivity index (χ2n) is 7.57. The molecule has 1 aliphatic heterocycles. The molecule has 23 heavy (non-hydrogen) atoms. The second-order valence-corrected chi connectivity index (χ2v) is 7.57. The van der Waals surface area contributed by atoms with E-state index in [-0.39, 0.29) is 36.6 Å². The molecule has 2 aromatic rings. The summed E-state index contributed by atoms with van der Waals surface area (Å²) in [6.45, 7) is 6.62. The number of nitriles is 1. The van der Waals surface area contributed by atoms with Gasteiger partial charge in [-0.05, 0) is 48.8 Å². The van der Waals surface area contributed by atoms with Crippen LogP contribution in [0.25, 0.3) is 11.0 Å². The Hall–Kier alpha value is -0.860. The van der Waals surface area contributed by atoms with Gasteiger partial charge < -0.3 is 10.7 Å². The zero-order valence-electron chi connectivity index (χ0n) is 15.2. The standard InChI is InChI=1S/C18H21N3O.Na.H/c1-17(2)5-6-18(11-22-18)8-14(17)10-21-12-20-15-4-3-13(9-19)7-16(15)21;;/h3-4,7,12,14H,5-6,8,10-11H2,1-2H3;;/q;+1;-1/t14-,18-;;/m0../s1. The van der Waals surface area contributed by atoms with Gasteiger partial charge in [0.2, 0.25) is 0 Å². The predicted octanol–water partition coefficient (Wildman–Crippen LogP) is 0.620. The van der Waals surface area contributed by atoms with Crippen LogP contribution in [0, 0.1) is 22.7 Å². The number of hydrogen-bond acceptors (Lipinski definition) is 3. The molecule has 0 amide bonds. The normalized spacial score (nSPS) is 28.3. The Morgan fingerprint density at radius 1 is 1.43 bits per heavy atom. The van der Waals surface area contributed by atoms with E-state index in [0.29, 0.717) is 16.9 Å². The van der Waals surface area contributed by atoms with Crippen LogP contribution in [0.5, 0.6) is 0 Å². The molecular weight excluding hydrogens is 297 g/mol. The fourth-order valence-electron chi connectivity index (χ4n) is 3.77. The summed E-state index contributed by atoms with van der Waals surface area (Å²) in [6, 6.07) is 7.93. The number of benzene rings is 1. The van der Waals surface area contributed by atoms with Crippen LogP contribution in [-0.2, 0) is 11.3 Å². The first-order valence-corrected chi connectivity index (χ1v) is 8.00. The van der Waals surface area contributed by atoms with E-state index in [0.717, 1.165) is 30.6 Å². The topological polar surface area (TPSA) is 54.1 Å². The van der Waals surface area contributed by atoms with Crippen molar-refractivity contribution in [1.82, 2.24) is 9.55 Å². The van der Waals surface area contributed by atoms with E-state index in [4.69, 9.17) is 10.00 Å². The van der Waals surface area contributed by atoms with Gasteiger partial charge in [-0.25, -0.2) is 4.98 Å². The van der Waals surface area contributed by atoms with Crippen LogP contribution in [-0.4, -0.2) is 21.8 Å².